The summed E-state index contributed by atoms with van der Waals surface area (Å²) in [6, 6.07) is 22.4. The number of aliphatic hydroxyl groups excluding tert-OH is 1. The molecule has 3 aromatic rings. The summed E-state index contributed by atoms with van der Waals surface area (Å²) in [6.07, 6.45) is 2.96. The van der Waals surface area contributed by atoms with Crippen LogP contribution in [-0.2, 0) is 22.4 Å². The summed E-state index contributed by atoms with van der Waals surface area (Å²) in [5, 5.41) is 13.5. The summed E-state index contributed by atoms with van der Waals surface area (Å²) < 4.78 is 35.1. The van der Waals surface area contributed by atoms with E-state index >= 15 is 0 Å². The summed E-state index contributed by atoms with van der Waals surface area (Å²) in [5.74, 6) is 2.20. The fraction of sp³-hybridized carbons (Fsp3) is 0.625. The van der Waals surface area contributed by atoms with Crippen molar-refractivity contribution in [3.05, 3.63) is 89.0 Å². The molecule has 3 fully saturated rings. The molecule has 0 aromatic heterocycles. The van der Waals surface area contributed by atoms with Crippen LogP contribution in [-0.4, -0.2) is 39.0 Å². The van der Waals surface area contributed by atoms with Gasteiger partial charge in [0.15, 0.2) is 19.8 Å². The zero-order valence-corrected chi connectivity index (χ0v) is 39.3. The van der Waals surface area contributed by atoms with Gasteiger partial charge in [-0.1, -0.05) is 123 Å². The highest BCUT2D eigenvalue weighted by molar-refractivity contribution is 6.75. The highest BCUT2D eigenvalue weighted by atomic mass is 28.4. The van der Waals surface area contributed by atoms with Gasteiger partial charge in [0.25, 0.3) is 0 Å². The molecule has 2 saturated carbocycles. The highest BCUT2D eigenvalue weighted by Crippen LogP contribution is 2.77. The lowest BCUT2D eigenvalue weighted by molar-refractivity contribution is -0.152. The Morgan fingerprint density at radius 2 is 1.29 bits per heavy atom. The third kappa shape index (κ3) is 7.33. The van der Waals surface area contributed by atoms with Gasteiger partial charge < -0.3 is 28.2 Å². The summed E-state index contributed by atoms with van der Waals surface area (Å²) in [4.78, 5) is 0. The largest absolute Gasteiger partial charge is 0.543 e. The van der Waals surface area contributed by atoms with Crippen molar-refractivity contribution >= 4 is 16.6 Å². The van der Waals surface area contributed by atoms with Crippen LogP contribution in [0.2, 0.25) is 36.3 Å². The van der Waals surface area contributed by atoms with Gasteiger partial charge in [-0.05, 0) is 98.3 Å². The SMILES string of the molecule is Cc1c(OCc2ccccc2)c(OCc2ccccc2)cc(O[Si](C)(C)C(C)(C)C)c1[C@H](O)[C@@]12O[C@]1(C)CC[C@H]1C(C)(C)[C@@H](O[Si](C)(C)C(C)(C)C)CC[C@@]12C. The van der Waals surface area contributed by atoms with E-state index in [1.54, 1.807) is 0 Å². The molecule has 8 heteroatoms. The molecule has 0 amide bonds. The molecule has 1 N–H and O–H groups in total. The zero-order chi connectivity index (χ0) is 41.3. The number of ether oxygens (including phenoxy) is 3. The van der Waals surface area contributed by atoms with Crippen LogP contribution < -0.4 is 13.9 Å². The van der Waals surface area contributed by atoms with Crippen molar-refractivity contribution in [1.82, 2.24) is 0 Å². The molecule has 6 nitrogen and oxygen atoms in total. The number of aliphatic hydroxyl groups is 1. The summed E-state index contributed by atoms with van der Waals surface area (Å²) in [5.41, 5.74) is 1.99. The number of hydrogen-bond acceptors (Lipinski definition) is 6. The highest BCUT2D eigenvalue weighted by Gasteiger charge is 2.83. The molecule has 6 atom stereocenters. The van der Waals surface area contributed by atoms with Crippen LogP contribution in [0.4, 0.5) is 0 Å². The van der Waals surface area contributed by atoms with E-state index in [1.165, 1.54) is 0 Å². The van der Waals surface area contributed by atoms with Crippen molar-refractivity contribution in [3.63, 3.8) is 0 Å². The van der Waals surface area contributed by atoms with Gasteiger partial charge in [0.2, 0.25) is 8.32 Å². The van der Waals surface area contributed by atoms with E-state index in [1.807, 2.05) is 42.5 Å². The second-order valence-electron chi connectivity index (χ2n) is 21.4. The third-order valence-electron chi connectivity index (χ3n) is 15.3. The third-order valence-corrected chi connectivity index (χ3v) is 24.2. The predicted octanol–water partition coefficient (Wildman–Crippen LogP) is 12.7. The van der Waals surface area contributed by atoms with Gasteiger partial charge in [-0.2, -0.15) is 0 Å². The molecule has 56 heavy (non-hydrogen) atoms. The maximum atomic E-state index is 13.4. The molecule has 2 aliphatic carbocycles. The maximum Gasteiger partial charge on any atom is 0.250 e. The van der Waals surface area contributed by atoms with Gasteiger partial charge >= 0.3 is 0 Å². The molecular formula is C48H72O6Si2. The van der Waals surface area contributed by atoms with Crippen LogP contribution in [0.1, 0.15) is 123 Å². The standard InChI is InChI=1S/C48H72O6Si2/c1-33-40(42(49)48-46(10)28-27-39(53-56(14,15)44(5,6)7)45(8,9)38(46)26-29-47(48,11)54-48)36(52-55(12,13)43(2,3)4)30-37(50-31-34-22-18-16-19-23-34)41(33)51-32-35-24-20-17-21-25-35/h16-25,30,38-39,42,49H,26-29,31-32H2,1-15H3/t38-,39-,42-,46-,47+,48-/m0/s1. The molecule has 3 aliphatic rings. The first-order valence-corrected chi connectivity index (χ1v) is 26.9. The minimum Gasteiger partial charge on any atom is -0.543 e. The van der Waals surface area contributed by atoms with E-state index in [4.69, 9.17) is 23.1 Å². The van der Waals surface area contributed by atoms with Crippen LogP contribution in [0.3, 0.4) is 0 Å². The Morgan fingerprint density at radius 1 is 0.750 bits per heavy atom. The van der Waals surface area contributed by atoms with Crippen LogP contribution >= 0.6 is 0 Å². The van der Waals surface area contributed by atoms with E-state index in [0.29, 0.717) is 30.5 Å². The molecule has 3 aromatic carbocycles. The molecule has 0 radical (unpaired) electrons. The van der Waals surface area contributed by atoms with Crippen molar-refractivity contribution in [2.24, 2.45) is 16.7 Å². The van der Waals surface area contributed by atoms with E-state index in [2.05, 4.69) is 127 Å². The Bertz CT molecular complexity index is 1860. The lowest BCUT2D eigenvalue weighted by Gasteiger charge is -2.61. The lowest BCUT2D eigenvalue weighted by atomic mass is 9.44. The topological polar surface area (TPSA) is 69.7 Å². The zero-order valence-electron chi connectivity index (χ0n) is 37.3. The fourth-order valence-electron chi connectivity index (χ4n) is 9.83. The average Bonchev–Trinajstić information content (AvgIpc) is 3.76. The normalized spacial score (nSPS) is 28.1. The average molecular weight is 801 g/mol. The number of rotatable bonds is 12. The van der Waals surface area contributed by atoms with Crippen LogP contribution in [0.25, 0.3) is 0 Å². The molecule has 1 aliphatic heterocycles. The second-order valence-corrected chi connectivity index (χ2v) is 30.8. The number of fused-ring (bicyclic) bond motifs is 3. The van der Waals surface area contributed by atoms with Gasteiger partial charge in [0.1, 0.15) is 30.7 Å². The minimum absolute atomic E-state index is 0.0754. The quantitative estimate of drug-likeness (QED) is 0.145. The molecular weight excluding hydrogens is 729 g/mol. The van der Waals surface area contributed by atoms with Crippen molar-refractivity contribution < 1.29 is 28.2 Å². The first-order valence-electron chi connectivity index (χ1n) is 21.1. The minimum atomic E-state index is -2.41. The summed E-state index contributed by atoms with van der Waals surface area (Å²) >= 11 is 0. The number of epoxide rings is 1. The molecule has 0 unspecified atom stereocenters. The van der Waals surface area contributed by atoms with E-state index < -0.39 is 33.9 Å². The molecule has 0 spiro atoms. The van der Waals surface area contributed by atoms with Gasteiger partial charge in [-0.25, -0.2) is 0 Å². The fourth-order valence-corrected chi connectivity index (χ4v) is 12.3. The van der Waals surface area contributed by atoms with Crippen LogP contribution in [0, 0.1) is 23.7 Å². The molecule has 1 saturated heterocycles. The van der Waals surface area contributed by atoms with Gasteiger partial charge in [-0.15, -0.1) is 0 Å². The van der Waals surface area contributed by atoms with Gasteiger partial charge in [0, 0.05) is 22.6 Å². The Labute approximate surface area is 341 Å². The molecule has 308 valence electrons. The number of hydrogen-bond donors (Lipinski definition) is 1. The Morgan fingerprint density at radius 3 is 1.82 bits per heavy atom. The molecule has 1 heterocycles. The van der Waals surface area contributed by atoms with E-state index in [9.17, 15) is 5.11 Å². The first kappa shape index (κ1) is 43.0. The summed E-state index contributed by atoms with van der Waals surface area (Å²) in [7, 11) is -4.43. The van der Waals surface area contributed by atoms with Crippen molar-refractivity contribution in [2.45, 2.75) is 175 Å². The smallest absolute Gasteiger partial charge is 0.250 e. The van der Waals surface area contributed by atoms with Crippen molar-refractivity contribution in [2.75, 3.05) is 0 Å². The van der Waals surface area contributed by atoms with E-state index in [-0.39, 0.29) is 32.9 Å². The van der Waals surface area contributed by atoms with E-state index in [0.717, 1.165) is 47.9 Å². The predicted molar refractivity (Wildman–Crippen MR) is 234 cm³/mol. The Balaban J connectivity index is 1.48. The molecule has 6 rings (SSSR count). The number of benzene rings is 3. The monoisotopic (exact) mass is 800 g/mol. The Kier molecular flexibility index (Phi) is 11.2. The van der Waals surface area contributed by atoms with Crippen molar-refractivity contribution in [3.8, 4) is 17.2 Å². The lowest BCUT2D eigenvalue weighted by Crippen LogP contribution is -2.63. The Hall–Kier alpha value is -2.63. The van der Waals surface area contributed by atoms with Gasteiger partial charge in [-0.3, -0.25) is 0 Å². The van der Waals surface area contributed by atoms with Crippen LogP contribution in [0.5, 0.6) is 17.2 Å². The second kappa shape index (κ2) is 14.6. The van der Waals surface area contributed by atoms with Crippen LogP contribution in [0.15, 0.2) is 66.7 Å². The maximum absolute atomic E-state index is 13.4. The summed E-state index contributed by atoms with van der Waals surface area (Å²) in [6.45, 7) is 35.3. The van der Waals surface area contributed by atoms with Gasteiger partial charge in [0.05, 0.1) is 11.7 Å². The van der Waals surface area contributed by atoms with Crippen molar-refractivity contribution in [1.29, 1.82) is 0 Å². The molecule has 0 bridgehead atoms. The first-order chi connectivity index (χ1) is 25.8.